The zero-order valence-electron chi connectivity index (χ0n) is 49.7. The first kappa shape index (κ1) is 78.1. The van der Waals surface area contributed by atoms with Crippen molar-refractivity contribution in [1.82, 2.24) is 0 Å². The molecule has 13 heteroatoms. The fourth-order valence-corrected chi connectivity index (χ4v) is 10.6. The van der Waals surface area contributed by atoms with E-state index in [0.29, 0.717) is 6.61 Å². The van der Waals surface area contributed by atoms with Crippen molar-refractivity contribution in [2.75, 3.05) is 19.8 Å². The van der Waals surface area contributed by atoms with E-state index >= 15 is 0 Å². The maximum absolute atomic E-state index is 12.1. The summed E-state index contributed by atoms with van der Waals surface area (Å²) in [6.45, 7) is 10.9. The Morgan fingerprint density at radius 2 is 0.676 bits per heavy atom. The summed E-state index contributed by atoms with van der Waals surface area (Å²) in [5.74, 6) is -1.74. The van der Waals surface area contributed by atoms with Crippen molar-refractivity contribution in [3.63, 3.8) is 0 Å². The molecule has 0 N–H and O–H groups in total. The molecule has 0 aliphatic rings. The van der Waals surface area contributed by atoms with Crippen molar-refractivity contribution in [2.24, 2.45) is 11.8 Å². The molecule has 436 valence electrons. The first-order valence-corrected chi connectivity index (χ1v) is 34.1. The molecule has 0 heterocycles. The second-order valence-corrected chi connectivity index (χ2v) is 24.1. The molecule has 0 aliphatic carbocycles. The Hall–Kier alpha value is -0.130. The van der Waals surface area contributed by atoms with Crippen LogP contribution in [0.25, 0.3) is 0 Å². The van der Waals surface area contributed by atoms with Crippen LogP contribution in [0.3, 0.4) is 0 Å². The van der Waals surface area contributed by atoms with Crippen molar-refractivity contribution < 1.29 is 75.6 Å². The molecular formula is C61H120NaO10PS. The van der Waals surface area contributed by atoms with E-state index in [-0.39, 0.29) is 54.6 Å². The summed E-state index contributed by atoms with van der Waals surface area (Å²) < 4.78 is 59.5. The molecule has 74 heavy (non-hydrogen) atoms. The maximum atomic E-state index is 12.1. The van der Waals surface area contributed by atoms with Crippen molar-refractivity contribution >= 4 is 30.3 Å². The molecule has 0 saturated carbocycles. The normalized spacial score (nSPS) is 12.9. The van der Waals surface area contributed by atoms with Crippen LogP contribution in [-0.2, 0) is 38.3 Å². The minimum absolute atomic E-state index is 0. The fourth-order valence-electron chi connectivity index (χ4n) is 9.67. The summed E-state index contributed by atoms with van der Waals surface area (Å²) in [6.07, 6.45) is 62.0. The Morgan fingerprint density at radius 1 is 0.419 bits per heavy atom. The van der Waals surface area contributed by atoms with Crippen molar-refractivity contribution in [3.8, 4) is 0 Å². The Labute approximate surface area is 482 Å². The van der Waals surface area contributed by atoms with Crippen LogP contribution in [0, 0.1) is 11.8 Å². The summed E-state index contributed by atoms with van der Waals surface area (Å²) in [5.41, 5.74) is 0. The van der Waals surface area contributed by atoms with E-state index in [4.69, 9.17) is 9.47 Å². The van der Waals surface area contributed by atoms with Gasteiger partial charge in [0.15, 0.2) is 5.25 Å². The Balaban J connectivity index is -0.00000149. The largest absolute Gasteiger partial charge is 1.00 e. The first-order chi connectivity index (χ1) is 35.5. The number of ether oxygens (including phenoxy) is 2. The quantitative estimate of drug-likeness (QED) is 0.0189. The van der Waals surface area contributed by atoms with Crippen LogP contribution in [0.2, 0.25) is 0 Å². The SMILES string of the molecule is CCCCC(CC)COC(=O)CC(C(=O)OCC(CC)CCCC)S(=O)(=O)[O-].CCCCCCCCCCCCCCCCCCCCCCCCCCCCCCCCCCCCCCCCCO[P+](=O)[O-].[Na+]. The van der Waals surface area contributed by atoms with Crippen LogP contribution in [0.15, 0.2) is 0 Å². The van der Waals surface area contributed by atoms with Crippen LogP contribution in [0.4, 0.5) is 0 Å². The summed E-state index contributed by atoms with van der Waals surface area (Å²) >= 11 is 0. The van der Waals surface area contributed by atoms with Gasteiger partial charge < -0.3 is 18.9 Å². The smallest absolute Gasteiger partial charge is 0.747 e. The predicted molar refractivity (Wildman–Crippen MR) is 306 cm³/mol. The molecule has 10 nitrogen and oxygen atoms in total. The van der Waals surface area contributed by atoms with Gasteiger partial charge in [0.05, 0.1) is 19.6 Å². The monoisotopic (exact) mass is 1100 g/mol. The number of hydrogen-bond donors (Lipinski definition) is 0. The number of esters is 2. The standard InChI is InChI=1S/C41H83O3P.C20H38O7S.Na/c1-2-3-4-5-6-7-8-9-10-11-12-13-14-15-16-17-18-19-20-21-22-23-24-25-26-27-28-29-30-31-32-33-34-35-36-37-38-39-40-41-44-45(42)43;1-5-9-11-16(7-3)14-26-19(21)13-18(28(23,24)25)20(22)27-15-17(8-4)12-10-6-2;/h2-41H2,1H3;16-18H,5-15H2,1-4H3,(H,23,24,25);/q;;+1/p-1. The summed E-state index contributed by atoms with van der Waals surface area (Å²) in [5, 5.41) is -2.06. The topological polar surface area (TPSA) is 159 Å². The third kappa shape index (κ3) is 59.5. The van der Waals surface area contributed by atoms with Crippen molar-refractivity contribution in [2.45, 2.75) is 348 Å². The van der Waals surface area contributed by atoms with E-state index in [0.717, 1.165) is 64.2 Å². The molecule has 0 aromatic heterocycles. The minimum Gasteiger partial charge on any atom is -0.747 e. The Morgan fingerprint density at radius 3 is 0.919 bits per heavy atom. The molecule has 0 aliphatic heterocycles. The Kier molecular flexibility index (Phi) is 65.5. The number of carbonyl (C=O) groups excluding carboxylic acids is 2. The second-order valence-electron chi connectivity index (χ2n) is 21.8. The van der Waals surface area contributed by atoms with E-state index in [1.807, 2.05) is 13.8 Å². The fraction of sp³-hybridized carbons (Fsp3) is 0.967. The average Bonchev–Trinajstić information content (AvgIpc) is 3.37. The van der Waals surface area contributed by atoms with Gasteiger partial charge in [0, 0.05) is 0 Å². The minimum atomic E-state index is -5.01. The van der Waals surface area contributed by atoms with E-state index in [1.54, 1.807) is 0 Å². The van der Waals surface area contributed by atoms with Gasteiger partial charge in [-0.1, -0.05) is 317 Å². The van der Waals surface area contributed by atoms with E-state index in [9.17, 15) is 32.0 Å². The number of hydrogen-bond acceptors (Lipinski definition) is 10. The third-order valence-corrected chi connectivity index (χ3v) is 16.4. The van der Waals surface area contributed by atoms with Gasteiger partial charge in [-0.3, -0.25) is 9.59 Å². The van der Waals surface area contributed by atoms with Crippen LogP contribution >= 0.6 is 8.25 Å². The van der Waals surface area contributed by atoms with Gasteiger partial charge in [-0.05, 0) is 35.7 Å². The molecular weight excluding hydrogens is 979 g/mol. The van der Waals surface area contributed by atoms with Crippen LogP contribution in [0.1, 0.15) is 343 Å². The van der Waals surface area contributed by atoms with Gasteiger partial charge >= 0.3 is 49.8 Å². The van der Waals surface area contributed by atoms with Crippen LogP contribution in [-0.4, -0.2) is 50.0 Å². The van der Waals surface area contributed by atoms with E-state index in [1.165, 1.54) is 238 Å². The zero-order chi connectivity index (χ0) is 54.1. The molecule has 0 fully saturated rings. The van der Waals surface area contributed by atoms with Gasteiger partial charge in [0.1, 0.15) is 16.7 Å². The maximum Gasteiger partial charge on any atom is 1.00 e. The van der Waals surface area contributed by atoms with Gasteiger partial charge in [-0.15, -0.1) is 4.52 Å². The predicted octanol–water partition coefficient (Wildman–Crippen LogP) is 16.1. The number of carbonyl (C=O) groups is 2. The molecule has 0 aromatic rings. The van der Waals surface area contributed by atoms with Crippen LogP contribution in [0.5, 0.6) is 0 Å². The van der Waals surface area contributed by atoms with Gasteiger partial charge in [0.2, 0.25) is 0 Å². The molecule has 0 bridgehead atoms. The molecule has 0 amide bonds. The molecule has 4 atom stereocenters. The van der Waals surface area contributed by atoms with E-state index in [2.05, 4.69) is 25.3 Å². The van der Waals surface area contributed by atoms with Crippen molar-refractivity contribution in [3.05, 3.63) is 0 Å². The molecule has 0 spiro atoms. The molecule has 4 unspecified atom stereocenters. The molecule has 0 rings (SSSR count). The van der Waals surface area contributed by atoms with E-state index < -0.39 is 42.0 Å². The van der Waals surface area contributed by atoms with Gasteiger partial charge in [-0.25, -0.2) is 8.42 Å². The second kappa shape index (κ2) is 62.1. The summed E-state index contributed by atoms with van der Waals surface area (Å²) in [7, 11) is -7.67. The molecule has 0 saturated heterocycles. The number of rotatable bonds is 57. The summed E-state index contributed by atoms with van der Waals surface area (Å²) in [6, 6.07) is 0. The first-order valence-electron chi connectivity index (χ1n) is 31.5. The van der Waals surface area contributed by atoms with Gasteiger partial charge in [0.25, 0.3) is 0 Å². The van der Waals surface area contributed by atoms with Crippen molar-refractivity contribution in [1.29, 1.82) is 0 Å². The average molecular weight is 1100 g/mol. The van der Waals surface area contributed by atoms with Crippen LogP contribution < -0.4 is 34.5 Å². The molecule has 0 aromatic carbocycles. The molecule has 0 radical (unpaired) electrons. The zero-order valence-corrected chi connectivity index (χ0v) is 53.4. The number of unbranched alkanes of at least 4 members (excludes halogenated alkanes) is 40. The Bertz CT molecular complexity index is 1290. The summed E-state index contributed by atoms with van der Waals surface area (Å²) in [4.78, 5) is 34.5. The van der Waals surface area contributed by atoms with Gasteiger partial charge in [-0.2, -0.15) is 0 Å². The third-order valence-electron chi connectivity index (χ3n) is 14.9.